The predicted octanol–water partition coefficient (Wildman–Crippen LogP) is 4.91. The van der Waals surface area contributed by atoms with Crippen LogP contribution in [0.15, 0.2) is 34.5 Å². The van der Waals surface area contributed by atoms with Gasteiger partial charge >= 0.3 is 7.60 Å². The first-order valence-electron chi connectivity index (χ1n) is 11.3. The van der Waals surface area contributed by atoms with Gasteiger partial charge in [0.25, 0.3) is 0 Å². The predicted molar refractivity (Wildman–Crippen MR) is 130 cm³/mol. The quantitative estimate of drug-likeness (QED) is 0.372. The van der Waals surface area contributed by atoms with Gasteiger partial charge in [-0.1, -0.05) is 37.8 Å². The average molecular weight is 514 g/mol. The summed E-state index contributed by atoms with van der Waals surface area (Å²) < 4.78 is 47.4. The maximum atomic E-state index is 13.4. The van der Waals surface area contributed by atoms with Crippen LogP contribution in [0.1, 0.15) is 62.4 Å². The molecule has 1 saturated carbocycles. The van der Waals surface area contributed by atoms with Crippen molar-refractivity contribution < 1.29 is 26.8 Å². The summed E-state index contributed by atoms with van der Waals surface area (Å²) in [5, 5.41) is 2.21. The number of hydrogen-bond donors (Lipinski definition) is 0. The topological polar surface area (TPSA) is 99.6 Å². The van der Waals surface area contributed by atoms with Crippen LogP contribution in [0.5, 0.6) is 0 Å². The zero-order valence-electron chi connectivity index (χ0n) is 19.4. The first-order valence-corrected chi connectivity index (χ1v) is 15.6. The van der Waals surface area contributed by atoms with Gasteiger partial charge in [-0.05, 0) is 43.9 Å². The average Bonchev–Trinajstić information content (AvgIpc) is 3.44. The van der Waals surface area contributed by atoms with Crippen molar-refractivity contribution >= 4 is 40.0 Å². The maximum absolute atomic E-state index is 13.4. The van der Waals surface area contributed by atoms with E-state index in [9.17, 15) is 17.8 Å². The molecule has 0 N–H and O–H groups in total. The number of aromatic nitrogens is 1. The van der Waals surface area contributed by atoms with Crippen LogP contribution in [0, 0.1) is 5.92 Å². The lowest BCUT2D eigenvalue weighted by molar-refractivity contribution is -0.120. The Labute approximate surface area is 200 Å². The number of ketones is 1. The van der Waals surface area contributed by atoms with Gasteiger partial charge in [0, 0.05) is 17.6 Å². The van der Waals surface area contributed by atoms with Crippen molar-refractivity contribution in [3.63, 3.8) is 0 Å². The molecule has 1 aliphatic rings. The summed E-state index contributed by atoms with van der Waals surface area (Å²) in [5.41, 5.74) is 1.06. The number of Topliss-reactive ketones (excluding diaryl/α,β-unsaturated/α-hetero) is 1. The standard InChI is InChI=1S/C23H32NO6PS2/c1-4-29-31(26,30-5-2)22-16-32-23(24-22)15-21(25)20(14-17-8-6-7-9-17)18-10-12-19(13-11-18)33(3,27)28/h10-13,16-17,20H,4-9,14-15H2,1-3H3/t20-/m1/s1. The third-order valence-electron chi connectivity index (χ3n) is 5.89. The Balaban J connectivity index is 1.82. The first kappa shape index (κ1) is 26.2. The molecular formula is C23H32NO6PS2. The van der Waals surface area contributed by atoms with Crippen LogP contribution < -0.4 is 5.44 Å². The van der Waals surface area contributed by atoms with Gasteiger partial charge in [-0.15, -0.1) is 11.3 Å². The van der Waals surface area contributed by atoms with Gasteiger partial charge in [0.2, 0.25) is 0 Å². The highest BCUT2D eigenvalue weighted by Gasteiger charge is 2.31. The van der Waals surface area contributed by atoms with Crippen LogP contribution in [0.4, 0.5) is 0 Å². The van der Waals surface area contributed by atoms with Crippen LogP contribution >= 0.6 is 18.9 Å². The van der Waals surface area contributed by atoms with E-state index in [4.69, 9.17) is 9.05 Å². The number of hydrogen-bond acceptors (Lipinski definition) is 8. The maximum Gasteiger partial charge on any atom is 0.380 e. The normalized spacial score (nSPS) is 16.2. The molecule has 0 amide bonds. The number of thiazole rings is 1. The Morgan fingerprint density at radius 3 is 2.30 bits per heavy atom. The minimum atomic E-state index is -3.49. The lowest BCUT2D eigenvalue weighted by atomic mass is 9.84. The van der Waals surface area contributed by atoms with Crippen molar-refractivity contribution in [2.24, 2.45) is 5.92 Å². The summed E-state index contributed by atoms with van der Waals surface area (Å²) in [4.78, 5) is 18.1. The SMILES string of the molecule is CCOP(=O)(OCC)c1csc(CC(=O)[C@H](CC2CCCC2)c2ccc(S(C)(=O)=O)cc2)n1. The number of benzene rings is 1. The van der Waals surface area contributed by atoms with Crippen molar-refractivity contribution in [3.05, 3.63) is 40.2 Å². The Morgan fingerprint density at radius 2 is 1.76 bits per heavy atom. The smallest absolute Gasteiger partial charge is 0.304 e. The minimum Gasteiger partial charge on any atom is -0.304 e. The van der Waals surface area contributed by atoms with Gasteiger partial charge in [0.15, 0.2) is 15.3 Å². The van der Waals surface area contributed by atoms with E-state index >= 15 is 0 Å². The lowest BCUT2D eigenvalue weighted by Gasteiger charge is -2.20. The fraction of sp³-hybridized carbons (Fsp3) is 0.565. The second-order valence-electron chi connectivity index (χ2n) is 8.36. The van der Waals surface area contributed by atoms with Gasteiger partial charge in [0.05, 0.1) is 24.5 Å². The lowest BCUT2D eigenvalue weighted by Crippen LogP contribution is -2.19. The number of rotatable bonds is 12. The molecule has 2 aromatic rings. The molecule has 0 aliphatic heterocycles. The van der Waals surface area contributed by atoms with Gasteiger partial charge in [-0.3, -0.25) is 9.36 Å². The summed E-state index contributed by atoms with van der Waals surface area (Å²) in [5.74, 6) is 0.175. The molecule has 0 spiro atoms. The van der Waals surface area contributed by atoms with E-state index in [0.29, 0.717) is 10.9 Å². The Morgan fingerprint density at radius 1 is 1.15 bits per heavy atom. The molecule has 0 bridgehead atoms. The van der Waals surface area contributed by atoms with Crippen LogP contribution in [0.25, 0.3) is 0 Å². The molecule has 182 valence electrons. The highest BCUT2D eigenvalue weighted by Crippen LogP contribution is 2.47. The van der Waals surface area contributed by atoms with Crippen molar-refractivity contribution in [2.45, 2.75) is 63.2 Å². The number of carbonyl (C=O) groups excluding carboxylic acids is 1. The van der Waals surface area contributed by atoms with Crippen molar-refractivity contribution in [1.29, 1.82) is 0 Å². The third-order valence-corrected chi connectivity index (χ3v) is 10.0. The largest absolute Gasteiger partial charge is 0.380 e. The molecule has 33 heavy (non-hydrogen) atoms. The van der Waals surface area contributed by atoms with E-state index in [0.717, 1.165) is 24.8 Å². The van der Waals surface area contributed by atoms with E-state index in [1.807, 2.05) is 0 Å². The van der Waals surface area contributed by atoms with Crippen LogP contribution in [-0.4, -0.2) is 38.7 Å². The Kier molecular flexibility index (Phi) is 9.03. The fourth-order valence-electron chi connectivity index (χ4n) is 4.27. The van der Waals surface area contributed by atoms with Crippen molar-refractivity contribution in [2.75, 3.05) is 19.5 Å². The summed E-state index contributed by atoms with van der Waals surface area (Å²) in [6.45, 7) is 3.95. The van der Waals surface area contributed by atoms with Gasteiger partial charge < -0.3 is 9.05 Å². The molecule has 1 aromatic heterocycles. The third kappa shape index (κ3) is 6.83. The van der Waals surface area contributed by atoms with Crippen LogP contribution in [-0.2, 0) is 34.7 Å². The molecule has 1 aliphatic carbocycles. The van der Waals surface area contributed by atoms with Crippen LogP contribution in [0.2, 0.25) is 0 Å². The second-order valence-corrected chi connectivity index (χ2v) is 13.3. The Hall–Kier alpha value is -1.38. The molecule has 1 heterocycles. The highest BCUT2D eigenvalue weighted by atomic mass is 32.2. The molecule has 7 nitrogen and oxygen atoms in total. The first-order chi connectivity index (χ1) is 15.7. The molecule has 1 atom stereocenters. The molecule has 1 fully saturated rings. The summed E-state index contributed by atoms with van der Waals surface area (Å²) >= 11 is 1.27. The molecule has 0 radical (unpaired) electrons. The summed E-state index contributed by atoms with van der Waals surface area (Å²) in [6, 6.07) is 6.64. The summed E-state index contributed by atoms with van der Waals surface area (Å²) in [6.07, 6.45) is 6.61. The van der Waals surface area contributed by atoms with Crippen molar-refractivity contribution in [3.8, 4) is 0 Å². The second kappa shape index (κ2) is 11.4. The highest BCUT2D eigenvalue weighted by molar-refractivity contribution is 7.90. The van der Waals surface area contributed by atoms with Gasteiger partial charge in [-0.25, -0.2) is 13.4 Å². The van der Waals surface area contributed by atoms with Crippen LogP contribution in [0.3, 0.4) is 0 Å². The van der Waals surface area contributed by atoms with E-state index in [2.05, 4.69) is 4.98 Å². The zero-order valence-corrected chi connectivity index (χ0v) is 21.9. The molecule has 3 rings (SSSR count). The number of sulfone groups is 1. The molecule has 0 unspecified atom stereocenters. The van der Waals surface area contributed by atoms with Gasteiger partial charge in [0.1, 0.15) is 10.8 Å². The van der Waals surface area contributed by atoms with Gasteiger partial charge in [-0.2, -0.15) is 0 Å². The van der Waals surface area contributed by atoms with Crippen molar-refractivity contribution in [1.82, 2.24) is 4.98 Å². The Bertz CT molecular complexity index is 1080. The monoisotopic (exact) mass is 513 g/mol. The number of carbonyl (C=O) groups is 1. The zero-order chi connectivity index (χ0) is 24.1. The molecular weight excluding hydrogens is 481 g/mol. The molecule has 10 heteroatoms. The van der Waals surface area contributed by atoms with E-state index < -0.39 is 17.4 Å². The number of nitrogens with zero attached hydrogens (tertiary/aromatic N) is 1. The molecule has 1 aromatic carbocycles. The van der Waals surface area contributed by atoms with E-state index in [1.165, 1.54) is 30.4 Å². The minimum absolute atomic E-state index is 0.0255. The molecule has 0 saturated heterocycles. The fourth-order valence-corrected chi connectivity index (χ4v) is 7.58. The van der Waals surface area contributed by atoms with E-state index in [1.54, 1.807) is 43.5 Å². The summed E-state index contributed by atoms with van der Waals surface area (Å²) in [7, 11) is -6.79. The van der Waals surface area contributed by atoms with E-state index in [-0.39, 0.29) is 41.7 Å².